The predicted octanol–water partition coefficient (Wildman–Crippen LogP) is 1.60. The van der Waals surface area contributed by atoms with E-state index in [4.69, 9.17) is 4.74 Å². The topological polar surface area (TPSA) is 75.6 Å². The molecule has 2 heterocycles. The lowest BCUT2D eigenvalue weighted by atomic mass is 10.1. The number of nitrogens with zero attached hydrogens (tertiary/aromatic N) is 2. The van der Waals surface area contributed by atoms with Gasteiger partial charge >= 0.3 is 11.8 Å². The molecular formula is C20H25FN4O3. The van der Waals surface area contributed by atoms with Gasteiger partial charge in [-0.1, -0.05) is 6.07 Å². The van der Waals surface area contributed by atoms with E-state index < -0.39 is 17.6 Å². The number of anilines is 1. The SMILES string of the molecule is Cc1ccc(NC(=O)C(=O)NCC(c2cccn2C)N2CCOCC2)cc1F. The van der Waals surface area contributed by atoms with Gasteiger partial charge in [0.25, 0.3) is 0 Å². The Bertz CT molecular complexity index is 846. The molecule has 8 heteroatoms. The van der Waals surface area contributed by atoms with Crippen LogP contribution in [0, 0.1) is 12.7 Å². The molecule has 150 valence electrons. The Morgan fingerprint density at radius 1 is 1.21 bits per heavy atom. The van der Waals surface area contributed by atoms with E-state index in [0.29, 0.717) is 18.8 Å². The highest BCUT2D eigenvalue weighted by Crippen LogP contribution is 2.21. The van der Waals surface area contributed by atoms with Crippen LogP contribution >= 0.6 is 0 Å². The summed E-state index contributed by atoms with van der Waals surface area (Å²) in [6, 6.07) is 8.18. The van der Waals surface area contributed by atoms with E-state index in [1.807, 2.05) is 29.9 Å². The molecule has 0 radical (unpaired) electrons. The van der Waals surface area contributed by atoms with Crippen LogP contribution < -0.4 is 10.6 Å². The molecule has 1 aliphatic rings. The fraction of sp³-hybridized carbons (Fsp3) is 0.400. The van der Waals surface area contributed by atoms with Crippen LogP contribution in [0.4, 0.5) is 10.1 Å². The molecule has 1 fully saturated rings. The second-order valence-corrected chi connectivity index (χ2v) is 6.84. The summed E-state index contributed by atoms with van der Waals surface area (Å²) in [6.45, 7) is 4.68. The van der Waals surface area contributed by atoms with Gasteiger partial charge in [-0.05, 0) is 36.8 Å². The first-order chi connectivity index (χ1) is 13.5. The summed E-state index contributed by atoms with van der Waals surface area (Å²) < 4.78 is 21.0. The summed E-state index contributed by atoms with van der Waals surface area (Å²) in [5, 5.41) is 5.13. The number of hydrogen-bond donors (Lipinski definition) is 2. The number of aromatic nitrogens is 1. The van der Waals surface area contributed by atoms with Crippen molar-refractivity contribution in [3.8, 4) is 0 Å². The number of carbonyl (C=O) groups excluding carboxylic acids is 2. The van der Waals surface area contributed by atoms with Crippen molar-refractivity contribution in [3.63, 3.8) is 0 Å². The molecule has 28 heavy (non-hydrogen) atoms. The fourth-order valence-electron chi connectivity index (χ4n) is 3.26. The molecule has 1 unspecified atom stereocenters. The summed E-state index contributed by atoms with van der Waals surface area (Å²) in [7, 11) is 1.95. The maximum Gasteiger partial charge on any atom is 0.313 e. The maximum absolute atomic E-state index is 13.6. The van der Waals surface area contributed by atoms with Gasteiger partial charge in [-0.15, -0.1) is 0 Å². The van der Waals surface area contributed by atoms with Crippen molar-refractivity contribution in [2.75, 3.05) is 38.2 Å². The summed E-state index contributed by atoms with van der Waals surface area (Å²) >= 11 is 0. The fourth-order valence-corrected chi connectivity index (χ4v) is 3.26. The van der Waals surface area contributed by atoms with Crippen LogP contribution in [-0.2, 0) is 21.4 Å². The van der Waals surface area contributed by atoms with Crippen molar-refractivity contribution in [1.82, 2.24) is 14.8 Å². The summed E-state index contributed by atoms with van der Waals surface area (Å²) in [6.07, 6.45) is 1.95. The lowest BCUT2D eigenvalue weighted by Crippen LogP contribution is -2.46. The van der Waals surface area contributed by atoms with Gasteiger partial charge in [0, 0.05) is 44.3 Å². The molecule has 1 atom stereocenters. The largest absolute Gasteiger partial charge is 0.379 e. The van der Waals surface area contributed by atoms with Crippen molar-refractivity contribution in [2.24, 2.45) is 7.05 Å². The van der Waals surface area contributed by atoms with Gasteiger partial charge in [0.2, 0.25) is 0 Å². The van der Waals surface area contributed by atoms with E-state index >= 15 is 0 Å². The number of benzene rings is 1. The van der Waals surface area contributed by atoms with Crippen LogP contribution in [0.25, 0.3) is 0 Å². The van der Waals surface area contributed by atoms with E-state index in [0.717, 1.165) is 18.8 Å². The molecule has 2 aromatic rings. The minimum Gasteiger partial charge on any atom is -0.379 e. The van der Waals surface area contributed by atoms with Gasteiger partial charge in [0.05, 0.1) is 19.3 Å². The Morgan fingerprint density at radius 3 is 2.61 bits per heavy atom. The normalized spacial score (nSPS) is 15.8. The number of amides is 2. The highest BCUT2D eigenvalue weighted by atomic mass is 19.1. The van der Waals surface area contributed by atoms with Crippen LogP contribution in [0.3, 0.4) is 0 Å². The monoisotopic (exact) mass is 388 g/mol. The highest BCUT2D eigenvalue weighted by molar-refractivity contribution is 6.39. The van der Waals surface area contributed by atoms with Crippen LogP contribution in [0.2, 0.25) is 0 Å². The Hall–Kier alpha value is -2.71. The summed E-state index contributed by atoms with van der Waals surface area (Å²) in [4.78, 5) is 26.7. The Labute approximate surface area is 163 Å². The van der Waals surface area contributed by atoms with E-state index in [1.165, 1.54) is 6.07 Å². The number of aryl methyl sites for hydroxylation is 2. The quantitative estimate of drug-likeness (QED) is 0.763. The molecule has 1 aliphatic heterocycles. The first kappa shape index (κ1) is 20.0. The smallest absolute Gasteiger partial charge is 0.313 e. The van der Waals surface area contributed by atoms with E-state index in [9.17, 15) is 14.0 Å². The standard InChI is InChI=1S/C20H25FN4O3/c1-14-5-6-15(12-16(14)21)23-20(27)19(26)22-13-18(17-4-3-7-24(17)2)25-8-10-28-11-9-25/h3-7,12,18H,8-11,13H2,1-2H3,(H,22,26)(H,23,27). The Morgan fingerprint density at radius 2 is 1.96 bits per heavy atom. The molecule has 0 aliphatic carbocycles. The zero-order valence-corrected chi connectivity index (χ0v) is 16.1. The van der Waals surface area contributed by atoms with Gasteiger partial charge in [-0.2, -0.15) is 0 Å². The number of halogens is 1. The molecule has 7 nitrogen and oxygen atoms in total. The molecule has 0 spiro atoms. The van der Waals surface area contributed by atoms with Crippen molar-refractivity contribution >= 4 is 17.5 Å². The Balaban J connectivity index is 1.63. The van der Waals surface area contributed by atoms with E-state index in [2.05, 4.69) is 15.5 Å². The van der Waals surface area contributed by atoms with Crippen molar-refractivity contribution in [3.05, 3.63) is 53.6 Å². The third-order valence-electron chi connectivity index (χ3n) is 4.90. The first-order valence-electron chi connectivity index (χ1n) is 9.24. The van der Waals surface area contributed by atoms with Crippen molar-refractivity contribution < 1.29 is 18.7 Å². The predicted molar refractivity (Wildman–Crippen MR) is 103 cm³/mol. The van der Waals surface area contributed by atoms with E-state index in [1.54, 1.807) is 19.1 Å². The molecule has 2 amide bonds. The van der Waals surface area contributed by atoms with Gasteiger partial charge in [0.15, 0.2) is 0 Å². The van der Waals surface area contributed by atoms with Crippen LogP contribution in [0.1, 0.15) is 17.3 Å². The second kappa shape index (κ2) is 8.99. The molecule has 2 N–H and O–H groups in total. The van der Waals surface area contributed by atoms with Crippen LogP contribution in [0.15, 0.2) is 36.5 Å². The number of rotatable bonds is 5. The number of ether oxygens (including phenoxy) is 1. The zero-order chi connectivity index (χ0) is 20.1. The third-order valence-corrected chi connectivity index (χ3v) is 4.90. The van der Waals surface area contributed by atoms with Gasteiger partial charge in [0.1, 0.15) is 5.82 Å². The third kappa shape index (κ3) is 4.76. The first-order valence-corrected chi connectivity index (χ1v) is 9.24. The van der Waals surface area contributed by atoms with Gasteiger partial charge in [-0.25, -0.2) is 4.39 Å². The molecule has 3 rings (SSSR count). The van der Waals surface area contributed by atoms with E-state index in [-0.39, 0.29) is 18.3 Å². The number of nitrogens with one attached hydrogen (secondary N) is 2. The molecular weight excluding hydrogens is 363 g/mol. The van der Waals surface area contributed by atoms with Gasteiger partial charge < -0.3 is 19.9 Å². The molecule has 1 saturated heterocycles. The van der Waals surface area contributed by atoms with Crippen molar-refractivity contribution in [2.45, 2.75) is 13.0 Å². The lowest BCUT2D eigenvalue weighted by Gasteiger charge is -2.34. The van der Waals surface area contributed by atoms with Crippen LogP contribution in [0.5, 0.6) is 0 Å². The number of hydrogen-bond acceptors (Lipinski definition) is 4. The number of carbonyl (C=O) groups is 2. The molecule has 1 aromatic carbocycles. The highest BCUT2D eigenvalue weighted by Gasteiger charge is 2.26. The minimum atomic E-state index is -0.823. The average molecular weight is 388 g/mol. The molecule has 0 bridgehead atoms. The second-order valence-electron chi connectivity index (χ2n) is 6.84. The lowest BCUT2D eigenvalue weighted by molar-refractivity contribution is -0.136. The minimum absolute atomic E-state index is 0.0718. The zero-order valence-electron chi connectivity index (χ0n) is 16.1. The van der Waals surface area contributed by atoms with Crippen molar-refractivity contribution in [1.29, 1.82) is 0 Å². The molecule has 1 aromatic heterocycles. The van der Waals surface area contributed by atoms with Gasteiger partial charge in [-0.3, -0.25) is 14.5 Å². The summed E-state index contributed by atoms with van der Waals surface area (Å²) in [5.41, 5.74) is 1.76. The number of morpholine rings is 1. The summed E-state index contributed by atoms with van der Waals surface area (Å²) in [5.74, 6) is -2.02. The molecule has 0 saturated carbocycles. The maximum atomic E-state index is 13.6. The average Bonchev–Trinajstić information content (AvgIpc) is 3.11. The Kier molecular flexibility index (Phi) is 6.43. The van der Waals surface area contributed by atoms with Crippen LogP contribution in [-0.4, -0.2) is 54.1 Å².